The van der Waals surface area contributed by atoms with E-state index in [0.717, 1.165) is 25.7 Å². The molecule has 0 nitrogen and oxygen atoms in total. The van der Waals surface area contributed by atoms with Crippen molar-refractivity contribution in [1.82, 2.24) is 0 Å². The summed E-state index contributed by atoms with van der Waals surface area (Å²) in [6.45, 7) is 7.37. The molecule has 0 N–H and O–H groups in total. The van der Waals surface area contributed by atoms with Gasteiger partial charge in [-0.1, -0.05) is 55.1 Å². The number of benzene rings is 3. The Hall–Kier alpha value is -2.81. The number of rotatable bonds is 4. The molecule has 0 heterocycles. The van der Waals surface area contributed by atoms with Gasteiger partial charge in [0.05, 0.1) is 5.39 Å². The first-order valence-corrected chi connectivity index (χ1v) is 9.99. The van der Waals surface area contributed by atoms with Gasteiger partial charge in [0.25, 0.3) is 0 Å². The molecule has 3 heteroatoms. The van der Waals surface area contributed by atoms with E-state index in [2.05, 4.69) is 13.2 Å². The summed E-state index contributed by atoms with van der Waals surface area (Å²) in [5, 5.41) is -0.00641. The summed E-state index contributed by atoms with van der Waals surface area (Å²) in [5.74, 6) is -1.88. The van der Waals surface area contributed by atoms with Crippen LogP contribution >= 0.6 is 0 Å². The van der Waals surface area contributed by atoms with E-state index in [0.29, 0.717) is 22.8 Å². The summed E-state index contributed by atoms with van der Waals surface area (Å²) in [7, 11) is 0. The van der Waals surface area contributed by atoms with Gasteiger partial charge >= 0.3 is 0 Å². The quantitative estimate of drug-likeness (QED) is 0.394. The van der Waals surface area contributed by atoms with Crippen LogP contribution in [-0.4, -0.2) is 0 Å². The Morgan fingerprint density at radius 2 is 1.48 bits per heavy atom. The lowest BCUT2D eigenvalue weighted by molar-refractivity contribution is 0.376. The molecule has 0 aromatic heterocycles. The molecule has 148 valence electrons. The van der Waals surface area contributed by atoms with Crippen molar-refractivity contribution in [1.29, 1.82) is 0 Å². The van der Waals surface area contributed by atoms with E-state index in [1.54, 1.807) is 12.1 Å². The molecule has 4 rings (SSSR count). The Kier molecular flexibility index (Phi) is 5.31. The summed E-state index contributed by atoms with van der Waals surface area (Å²) < 4.78 is 43.8. The van der Waals surface area contributed by atoms with Crippen molar-refractivity contribution in [2.75, 3.05) is 0 Å². The lowest BCUT2D eigenvalue weighted by Crippen LogP contribution is -2.11. The highest BCUT2D eigenvalue weighted by Crippen LogP contribution is 2.38. The molecule has 0 spiro atoms. The van der Waals surface area contributed by atoms with E-state index in [4.69, 9.17) is 0 Å². The topological polar surface area (TPSA) is 0 Å². The predicted molar refractivity (Wildman–Crippen MR) is 114 cm³/mol. The van der Waals surface area contributed by atoms with Gasteiger partial charge in [0.2, 0.25) is 0 Å². The Balaban J connectivity index is 1.68. The molecule has 0 unspecified atom stereocenters. The van der Waals surface area contributed by atoms with Crippen LogP contribution in [0.15, 0.2) is 61.7 Å². The van der Waals surface area contributed by atoms with E-state index >= 15 is 4.39 Å². The van der Waals surface area contributed by atoms with Gasteiger partial charge < -0.3 is 0 Å². The van der Waals surface area contributed by atoms with Crippen molar-refractivity contribution in [3.63, 3.8) is 0 Å². The summed E-state index contributed by atoms with van der Waals surface area (Å²) in [6.07, 6.45) is 7.80. The summed E-state index contributed by atoms with van der Waals surface area (Å²) >= 11 is 0. The summed E-state index contributed by atoms with van der Waals surface area (Å²) in [4.78, 5) is 0. The Morgan fingerprint density at radius 1 is 0.793 bits per heavy atom. The number of hydrogen-bond acceptors (Lipinski definition) is 0. The second kappa shape index (κ2) is 7.90. The van der Waals surface area contributed by atoms with Crippen LogP contribution in [0.1, 0.15) is 42.7 Å². The maximum Gasteiger partial charge on any atom is 0.170 e. The number of allylic oxidation sites excluding steroid dienone is 1. The Bertz CT molecular complexity index is 1070. The average Bonchev–Trinajstić information content (AvgIpc) is 2.76. The van der Waals surface area contributed by atoms with Gasteiger partial charge in [0.15, 0.2) is 11.6 Å². The minimum absolute atomic E-state index is 0.0256. The van der Waals surface area contributed by atoms with Gasteiger partial charge in [0.1, 0.15) is 5.82 Å². The van der Waals surface area contributed by atoms with Gasteiger partial charge in [-0.3, -0.25) is 0 Å². The smallest absolute Gasteiger partial charge is 0.170 e. The van der Waals surface area contributed by atoms with Crippen LogP contribution in [0.5, 0.6) is 0 Å². The molecule has 0 bridgehead atoms. The molecular formula is C26H23F3. The zero-order valence-electron chi connectivity index (χ0n) is 16.2. The second-order valence-corrected chi connectivity index (χ2v) is 7.79. The van der Waals surface area contributed by atoms with Crippen molar-refractivity contribution in [3.05, 3.63) is 90.3 Å². The minimum atomic E-state index is -1.17. The highest BCUT2D eigenvalue weighted by molar-refractivity contribution is 5.90. The fourth-order valence-corrected chi connectivity index (χ4v) is 4.40. The summed E-state index contributed by atoms with van der Waals surface area (Å²) in [6, 6.07) is 12.4. The average molecular weight is 392 g/mol. The SMILES string of the molecule is C=Cc1cc2ccc(-c3ccc(C4CCC(C=C)CC4)cc3)c(F)c2c(F)c1F. The van der Waals surface area contributed by atoms with E-state index in [9.17, 15) is 8.78 Å². The van der Waals surface area contributed by atoms with Crippen LogP contribution in [0.2, 0.25) is 0 Å². The largest absolute Gasteiger partial charge is 0.206 e. The first-order valence-electron chi connectivity index (χ1n) is 9.99. The van der Waals surface area contributed by atoms with Crippen LogP contribution in [0.3, 0.4) is 0 Å². The molecule has 3 aromatic rings. The van der Waals surface area contributed by atoms with Crippen LogP contribution in [-0.2, 0) is 0 Å². The molecule has 29 heavy (non-hydrogen) atoms. The van der Waals surface area contributed by atoms with Gasteiger partial charge in [-0.2, -0.15) is 0 Å². The zero-order valence-corrected chi connectivity index (χ0v) is 16.2. The standard InChI is InChI=1S/C26H23F3/c1-3-16-5-7-18(8-6-16)19-9-11-20(12-10-19)22-14-13-21-15-17(4-2)24(27)26(29)23(21)25(22)28/h3-4,9-16,18H,1-2,5-8H2. The highest BCUT2D eigenvalue weighted by Gasteiger charge is 2.21. The number of hydrogen-bond donors (Lipinski definition) is 0. The van der Waals surface area contributed by atoms with Gasteiger partial charge in [-0.25, -0.2) is 13.2 Å². The van der Waals surface area contributed by atoms with Crippen molar-refractivity contribution in [2.45, 2.75) is 31.6 Å². The third-order valence-electron chi connectivity index (χ3n) is 6.17. The molecule has 1 saturated carbocycles. The van der Waals surface area contributed by atoms with Gasteiger partial charge in [0, 0.05) is 11.1 Å². The van der Waals surface area contributed by atoms with E-state index in [-0.39, 0.29) is 16.5 Å². The summed E-state index contributed by atoms with van der Waals surface area (Å²) in [5.41, 5.74) is 2.19. The second-order valence-electron chi connectivity index (χ2n) is 7.79. The molecule has 3 aromatic carbocycles. The van der Waals surface area contributed by atoms with Crippen molar-refractivity contribution < 1.29 is 13.2 Å². The van der Waals surface area contributed by atoms with Crippen LogP contribution in [0.4, 0.5) is 13.2 Å². The van der Waals surface area contributed by atoms with Crippen molar-refractivity contribution in [2.24, 2.45) is 5.92 Å². The van der Waals surface area contributed by atoms with Crippen LogP contribution in [0, 0.1) is 23.4 Å². The predicted octanol–water partition coefficient (Wildman–Crippen LogP) is 8.03. The molecule has 0 radical (unpaired) electrons. The van der Waals surface area contributed by atoms with Gasteiger partial charge in [-0.15, -0.1) is 6.58 Å². The molecular weight excluding hydrogens is 369 g/mol. The first-order chi connectivity index (χ1) is 14.0. The molecule has 0 aliphatic heterocycles. The monoisotopic (exact) mass is 392 g/mol. The van der Waals surface area contributed by atoms with Crippen LogP contribution in [0.25, 0.3) is 28.0 Å². The van der Waals surface area contributed by atoms with E-state index < -0.39 is 17.5 Å². The molecule has 0 atom stereocenters. The number of fused-ring (bicyclic) bond motifs is 1. The Morgan fingerprint density at radius 3 is 2.10 bits per heavy atom. The highest BCUT2D eigenvalue weighted by atomic mass is 19.2. The minimum Gasteiger partial charge on any atom is -0.206 e. The van der Waals surface area contributed by atoms with Crippen molar-refractivity contribution in [3.8, 4) is 11.1 Å². The maximum absolute atomic E-state index is 15.1. The molecule has 1 aliphatic rings. The normalized spacial score (nSPS) is 19.3. The van der Waals surface area contributed by atoms with Gasteiger partial charge in [-0.05, 0) is 60.1 Å². The molecule has 0 saturated heterocycles. The molecule has 1 fully saturated rings. The van der Waals surface area contributed by atoms with Crippen molar-refractivity contribution >= 4 is 16.8 Å². The fourth-order valence-electron chi connectivity index (χ4n) is 4.40. The Labute approximate surface area is 169 Å². The van der Waals surface area contributed by atoms with Crippen LogP contribution < -0.4 is 0 Å². The zero-order chi connectivity index (χ0) is 20.5. The van der Waals surface area contributed by atoms with E-state index in [1.165, 1.54) is 17.7 Å². The number of halogens is 3. The fraction of sp³-hybridized carbons (Fsp3) is 0.231. The lowest BCUT2D eigenvalue weighted by Gasteiger charge is -2.27. The van der Waals surface area contributed by atoms with E-state index in [1.807, 2.05) is 30.3 Å². The lowest BCUT2D eigenvalue weighted by atomic mass is 9.78. The third kappa shape index (κ3) is 3.50. The molecule has 0 amide bonds. The first kappa shape index (κ1) is 19.5. The maximum atomic E-state index is 15.1. The third-order valence-corrected chi connectivity index (χ3v) is 6.17. The molecule has 1 aliphatic carbocycles.